The lowest BCUT2D eigenvalue weighted by Crippen LogP contribution is -2.29. The Balaban J connectivity index is 1.69. The maximum Gasteiger partial charge on any atom is 0.302 e. The monoisotopic (exact) mass is 450 g/mol. The van der Waals surface area contributed by atoms with Gasteiger partial charge in [0.05, 0.1) is 29.2 Å². The number of thiazole rings is 1. The van der Waals surface area contributed by atoms with E-state index in [0.29, 0.717) is 11.3 Å². The van der Waals surface area contributed by atoms with Gasteiger partial charge in [0.25, 0.3) is 5.78 Å². The van der Waals surface area contributed by atoms with E-state index < -0.39 is 29.3 Å². The summed E-state index contributed by atoms with van der Waals surface area (Å²) in [5.74, 6) is -1.73. The molecule has 0 radical (unpaired) electrons. The Labute approximate surface area is 185 Å². The molecule has 7 nitrogen and oxygen atoms in total. The summed E-state index contributed by atoms with van der Waals surface area (Å²) in [6, 6.07) is 12.5. The fraction of sp³-hybridized carbons (Fsp3) is 0.0870. The summed E-state index contributed by atoms with van der Waals surface area (Å²) in [4.78, 5) is 31.8. The van der Waals surface area contributed by atoms with Gasteiger partial charge in [0.1, 0.15) is 29.1 Å². The number of amides is 1. The summed E-state index contributed by atoms with van der Waals surface area (Å²) in [5.41, 5.74) is 0.674. The number of rotatable bonds is 4. The average molecular weight is 450 g/mol. The third kappa shape index (κ3) is 3.14. The molecule has 1 aliphatic heterocycles. The summed E-state index contributed by atoms with van der Waals surface area (Å²) >= 11 is 1.21. The molecule has 0 aliphatic carbocycles. The van der Waals surface area contributed by atoms with Crippen molar-refractivity contribution in [3.05, 3.63) is 83.6 Å². The number of nitrogens with zero attached hydrogens (tertiary/aromatic N) is 2. The number of carbonyl (C=O) groups excluding carboxylic acids is 2. The van der Waals surface area contributed by atoms with Crippen LogP contribution in [0.3, 0.4) is 0 Å². The first-order chi connectivity index (χ1) is 15.5. The second-order valence-electron chi connectivity index (χ2n) is 7.02. The van der Waals surface area contributed by atoms with Gasteiger partial charge in [0.2, 0.25) is 0 Å². The zero-order valence-corrected chi connectivity index (χ0v) is 17.4. The number of methoxy groups -OCH3 is 1. The third-order valence-corrected chi connectivity index (χ3v) is 6.18. The molecule has 1 amide bonds. The second kappa shape index (κ2) is 7.61. The molecular weight excluding hydrogens is 435 g/mol. The minimum Gasteiger partial charge on any atom is -0.507 e. The van der Waals surface area contributed by atoms with Crippen molar-refractivity contribution in [3.63, 3.8) is 0 Å². The first kappa shape index (κ1) is 20.0. The highest BCUT2D eigenvalue weighted by Crippen LogP contribution is 2.44. The van der Waals surface area contributed by atoms with Crippen LogP contribution in [0.5, 0.6) is 5.75 Å². The van der Waals surface area contributed by atoms with Crippen LogP contribution in [0, 0.1) is 5.82 Å². The van der Waals surface area contributed by atoms with E-state index in [1.807, 2.05) is 0 Å². The number of aromatic nitrogens is 1. The van der Waals surface area contributed by atoms with Gasteiger partial charge in [-0.2, -0.15) is 0 Å². The van der Waals surface area contributed by atoms with Gasteiger partial charge in [-0.15, -0.1) is 0 Å². The lowest BCUT2D eigenvalue weighted by Gasteiger charge is -2.20. The summed E-state index contributed by atoms with van der Waals surface area (Å²) in [6.07, 6.45) is 1.41. The van der Waals surface area contributed by atoms with Gasteiger partial charge < -0.3 is 14.3 Å². The molecule has 1 aliphatic rings. The van der Waals surface area contributed by atoms with Crippen LogP contribution in [-0.4, -0.2) is 28.9 Å². The first-order valence-corrected chi connectivity index (χ1v) is 10.3. The maximum atomic E-state index is 13.3. The number of furan rings is 1. The number of hydrogen-bond acceptors (Lipinski definition) is 7. The number of anilines is 1. The molecule has 32 heavy (non-hydrogen) atoms. The molecule has 2 aromatic carbocycles. The van der Waals surface area contributed by atoms with E-state index in [4.69, 9.17) is 9.15 Å². The lowest BCUT2D eigenvalue weighted by atomic mass is 9.99. The second-order valence-corrected chi connectivity index (χ2v) is 8.03. The van der Waals surface area contributed by atoms with Gasteiger partial charge in [-0.3, -0.25) is 14.5 Å². The van der Waals surface area contributed by atoms with Crippen LogP contribution in [0.15, 0.2) is 70.9 Å². The number of ketones is 1. The van der Waals surface area contributed by atoms with Crippen LogP contribution in [0.1, 0.15) is 17.4 Å². The fourth-order valence-corrected chi connectivity index (χ4v) is 4.65. The smallest absolute Gasteiger partial charge is 0.302 e. The van der Waals surface area contributed by atoms with Gasteiger partial charge in [0.15, 0.2) is 5.13 Å². The molecule has 1 fully saturated rings. The Bertz CT molecular complexity index is 1380. The van der Waals surface area contributed by atoms with E-state index in [-0.39, 0.29) is 22.0 Å². The Morgan fingerprint density at radius 1 is 1.19 bits per heavy atom. The standard InChI is InChI=1S/C23H15FN2O5S/c1-30-14-8-9-15-17(11-14)32-23(25-15)26-19(16-3-2-10-31-16)18(21(28)22(26)29)20(27)12-4-6-13(24)7-5-12/h2-11,19,27H,1H3/b20-18+. The summed E-state index contributed by atoms with van der Waals surface area (Å²) in [5, 5.41) is 11.2. The molecule has 0 bridgehead atoms. The van der Waals surface area contributed by atoms with E-state index >= 15 is 0 Å². The molecular formula is C23H15FN2O5S. The third-order valence-electron chi connectivity index (χ3n) is 5.17. The Morgan fingerprint density at radius 2 is 1.97 bits per heavy atom. The zero-order chi connectivity index (χ0) is 22.4. The van der Waals surface area contributed by atoms with E-state index in [9.17, 15) is 19.1 Å². The van der Waals surface area contributed by atoms with Gasteiger partial charge in [-0.25, -0.2) is 9.37 Å². The van der Waals surface area contributed by atoms with Crippen LogP contribution in [0.2, 0.25) is 0 Å². The first-order valence-electron chi connectivity index (χ1n) is 9.53. The van der Waals surface area contributed by atoms with Crippen molar-refractivity contribution < 1.29 is 28.2 Å². The predicted molar refractivity (Wildman–Crippen MR) is 116 cm³/mol. The van der Waals surface area contributed by atoms with Crippen LogP contribution in [0.4, 0.5) is 9.52 Å². The quantitative estimate of drug-likeness (QED) is 0.276. The lowest BCUT2D eigenvalue weighted by molar-refractivity contribution is -0.132. The van der Waals surface area contributed by atoms with Crippen LogP contribution in [0.25, 0.3) is 16.0 Å². The molecule has 1 unspecified atom stereocenters. The van der Waals surface area contributed by atoms with Crippen molar-refractivity contribution in [1.29, 1.82) is 0 Å². The number of aliphatic hydroxyl groups excluding tert-OH is 1. The molecule has 0 spiro atoms. The number of aliphatic hydroxyl groups is 1. The number of hydrogen-bond donors (Lipinski definition) is 1. The Kier molecular flexibility index (Phi) is 4.75. The normalized spacial score (nSPS) is 17.9. The fourth-order valence-electron chi connectivity index (χ4n) is 3.63. The summed E-state index contributed by atoms with van der Waals surface area (Å²) in [7, 11) is 1.55. The summed E-state index contributed by atoms with van der Waals surface area (Å²) < 4.78 is 24.9. The van der Waals surface area contributed by atoms with Crippen molar-refractivity contribution in [2.45, 2.75) is 6.04 Å². The molecule has 2 aromatic heterocycles. The van der Waals surface area contributed by atoms with Gasteiger partial charge in [0, 0.05) is 5.56 Å². The zero-order valence-electron chi connectivity index (χ0n) is 16.6. The van der Waals surface area contributed by atoms with Crippen molar-refractivity contribution >= 4 is 44.1 Å². The molecule has 1 N–H and O–H groups in total. The number of benzene rings is 2. The number of ether oxygens (including phenoxy) is 1. The maximum absolute atomic E-state index is 13.3. The van der Waals surface area contributed by atoms with E-state index in [2.05, 4.69) is 4.98 Å². The minimum absolute atomic E-state index is 0.159. The minimum atomic E-state index is -1.03. The summed E-state index contributed by atoms with van der Waals surface area (Å²) in [6.45, 7) is 0. The highest BCUT2D eigenvalue weighted by Gasteiger charge is 2.49. The molecule has 160 valence electrons. The molecule has 9 heteroatoms. The van der Waals surface area contributed by atoms with Crippen LogP contribution < -0.4 is 9.64 Å². The molecule has 0 saturated carbocycles. The van der Waals surface area contributed by atoms with Crippen LogP contribution in [-0.2, 0) is 9.59 Å². The van der Waals surface area contributed by atoms with Crippen molar-refractivity contribution in [3.8, 4) is 5.75 Å². The average Bonchev–Trinajstić information content (AvgIpc) is 3.52. The van der Waals surface area contributed by atoms with Crippen molar-refractivity contribution in [1.82, 2.24) is 4.98 Å². The molecule has 1 saturated heterocycles. The van der Waals surface area contributed by atoms with E-state index in [0.717, 1.165) is 16.8 Å². The molecule has 5 rings (SSSR count). The van der Waals surface area contributed by atoms with E-state index in [1.54, 1.807) is 37.4 Å². The number of Topliss-reactive ketones (excluding diaryl/α,β-unsaturated/α-hetero) is 1. The van der Waals surface area contributed by atoms with Crippen molar-refractivity contribution in [2.75, 3.05) is 12.0 Å². The van der Waals surface area contributed by atoms with Crippen LogP contribution >= 0.6 is 11.3 Å². The Morgan fingerprint density at radius 3 is 2.66 bits per heavy atom. The Hall–Kier alpha value is -3.98. The van der Waals surface area contributed by atoms with Crippen molar-refractivity contribution in [2.24, 2.45) is 0 Å². The number of halogens is 1. The molecule has 3 heterocycles. The topological polar surface area (TPSA) is 92.9 Å². The number of fused-ring (bicyclic) bond motifs is 1. The highest BCUT2D eigenvalue weighted by atomic mass is 32.1. The highest BCUT2D eigenvalue weighted by molar-refractivity contribution is 7.22. The molecule has 1 atom stereocenters. The molecule has 4 aromatic rings. The predicted octanol–water partition coefficient (Wildman–Crippen LogP) is 4.66. The van der Waals surface area contributed by atoms with Gasteiger partial charge in [-0.05, 0) is 54.6 Å². The van der Waals surface area contributed by atoms with Gasteiger partial charge in [-0.1, -0.05) is 11.3 Å². The van der Waals surface area contributed by atoms with E-state index in [1.165, 1.54) is 34.6 Å². The SMILES string of the molecule is COc1ccc2nc(N3C(=O)C(=O)/C(=C(/O)c4ccc(F)cc4)C3c3ccco3)sc2c1. The number of carbonyl (C=O) groups is 2. The van der Waals surface area contributed by atoms with Gasteiger partial charge >= 0.3 is 5.91 Å². The largest absolute Gasteiger partial charge is 0.507 e.